The average Bonchev–Trinajstić information content (AvgIpc) is 2.89. The van der Waals surface area contributed by atoms with E-state index in [-0.39, 0.29) is 16.3 Å². The van der Waals surface area contributed by atoms with E-state index in [4.69, 9.17) is 0 Å². The maximum Gasteiger partial charge on any atom is 0.306 e. The molecule has 0 aliphatic rings. The minimum absolute atomic E-state index is 0.0231. The third kappa shape index (κ3) is 3.41. The fourth-order valence-corrected chi connectivity index (χ4v) is 3.05. The van der Waals surface area contributed by atoms with Gasteiger partial charge in [0.05, 0.1) is 15.6 Å². The smallest absolute Gasteiger partial charge is 0.266 e. The summed E-state index contributed by atoms with van der Waals surface area (Å²) in [5, 5.41) is 14.3. The van der Waals surface area contributed by atoms with Gasteiger partial charge in [-0.2, -0.15) is 5.10 Å². The molecule has 8 heteroatoms. The fourth-order valence-electron chi connectivity index (χ4n) is 1.73. The molecule has 0 aliphatic carbocycles. The van der Waals surface area contributed by atoms with E-state index in [1.165, 1.54) is 10.9 Å². The number of hydrogen-bond acceptors (Lipinski definition) is 5. The van der Waals surface area contributed by atoms with Crippen LogP contribution in [0.15, 0.2) is 47.6 Å². The molecule has 0 saturated carbocycles. The normalized spacial score (nSPS) is 11.4. The van der Waals surface area contributed by atoms with Crippen molar-refractivity contribution in [3.05, 3.63) is 52.8 Å². The molecular formula is C12H13N3O4S. The van der Waals surface area contributed by atoms with E-state index in [9.17, 15) is 18.5 Å². The molecule has 0 bridgehead atoms. The summed E-state index contributed by atoms with van der Waals surface area (Å²) >= 11 is 0. The van der Waals surface area contributed by atoms with Gasteiger partial charge in [-0.15, -0.1) is 0 Å². The van der Waals surface area contributed by atoms with Crippen LogP contribution in [0.5, 0.6) is 0 Å². The Bertz CT molecular complexity index is 695. The Morgan fingerprint density at radius 2 is 1.95 bits per heavy atom. The maximum absolute atomic E-state index is 12.0. The van der Waals surface area contributed by atoms with Crippen molar-refractivity contribution < 1.29 is 13.3 Å². The summed E-state index contributed by atoms with van der Waals surface area (Å²) in [4.78, 5) is 10.2. The fraction of sp³-hybridized carbons (Fsp3) is 0.250. The third-order valence-corrected chi connectivity index (χ3v) is 4.55. The quantitative estimate of drug-likeness (QED) is 0.596. The summed E-state index contributed by atoms with van der Waals surface area (Å²) < 4.78 is 25.4. The second-order valence-electron chi connectivity index (χ2n) is 4.20. The van der Waals surface area contributed by atoms with Crippen LogP contribution < -0.4 is 0 Å². The number of hydrogen-bond donors (Lipinski definition) is 0. The highest BCUT2D eigenvalue weighted by atomic mass is 32.2. The molecule has 0 aliphatic heterocycles. The molecule has 0 amide bonds. The van der Waals surface area contributed by atoms with Crippen LogP contribution in [0.2, 0.25) is 0 Å². The van der Waals surface area contributed by atoms with Crippen molar-refractivity contribution in [3.8, 4) is 0 Å². The van der Waals surface area contributed by atoms with Gasteiger partial charge in [-0.25, -0.2) is 8.42 Å². The molecule has 0 spiro atoms. The number of rotatable bonds is 6. The molecule has 1 heterocycles. The van der Waals surface area contributed by atoms with Gasteiger partial charge in [0.25, 0.3) is 0 Å². The van der Waals surface area contributed by atoms with Crippen LogP contribution in [0.25, 0.3) is 0 Å². The van der Waals surface area contributed by atoms with Crippen molar-refractivity contribution in [1.29, 1.82) is 0 Å². The monoisotopic (exact) mass is 295 g/mol. The lowest BCUT2D eigenvalue weighted by Crippen LogP contribution is -2.10. The van der Waals surface area contributed by atoms with Gasteiger partial charge >= 0.3 is 5.69 Å². The Hall–Kier alpha value is -2.22. The molecule has 20 heavy (non-hydrogen) atoms. The molecule has 0 saturated heterocycles. The van der Waals surface area contributed by atoms with Crippen LogP contribution in [0.3, 0.4) is 0 Å². The molecular weight excluding hydrogens is 282 g/mol. The van der Waals surface area contributed by atoms with Gasteiger partial charge in [-0.05, 0) is 18.6 Å². The Morgan fingerprint density at radius 3 is 2.55 bits per heavy atom. The molecule has 2 aromatic rings. The Labute approximate surface area is 115 Å². The molecule has 0 fully saturated rings. The molecule has 106 valence electrons. The van der Waals surface area contributed by atoms with Gasteiger partial charge in [-0.1, -0.05) is 18.2 Å². The van der Waals surface area contributed by atoms with Crippen LogP contribution in [0.4, 0.5) is 5.69 Å². The first-order valence-electron chi connectivity index (χ1n) is 5.94. The number of aryl methyl sites for hydroxylation is 1. The summed E-state index contributed by atoms with van der Waals surface area (Å²) in [6.45, 7) is 0.319. The van der Waals surface area contributed by atoms with E-state index in [0.29, 0.717) is 13.0 Å². The largest absolute Gasteiger partial charge is 0.306 e. The summed E-state index contributed by atoms with van der Waals surface area (Å²) in [5.74, 6) is -0.0231. The summed E-state index contributed by atoms with van der Waals surface area (Å²) in [7, 11) is -3.31. The molecule has 0 unspecified atom stereocenters. The van der Waals surface area contributed by atoms with Gasteiger partial charge in [0.1, 0.15) is 12.4 Å². The van der Waals surface area contributed by atoms with Crippen molar-refractivity contribution in [2.24, 2.45) is 0 Å². The van der Waals surface area contributed by atoms with Crippen LogP contribution in [0.1, 0.15) is 6.42 Å². The van der Waals surface area contributed by atoms with E-state index in [2.05, 4.69) is 5.10 Å². The molecule has 2 rings (SSSR count). The standard InChI is InChI=1S/C12H13N3O4S/c16-15(17)11-9-13-14(10-11)7-4-8-20(18,19)12-5-2-1-3-6-12/h1-3,5-6,9-10H,4,7-8H2. The van der Waals surface area contributed by atoms with Gasteiger partial charge < -0.3 is 0 Å². The number of benzene rings is 1. The predicted octanol–water partition coefficient (Wildman–Crippen LogP) is 1.66. The number of nitrogens with zero attached hydrogens (tertiary/aromatic N) is 3. The molecule has 7 nitrogen and oxygen atoms in total. The summed E-state index contributed by atoms with van der Waals surface area (Å²) in [6, 6.07) is 8.19. The number of sulfone groups is 1. The first-order chi connectivity index (χ1) is 9.49. The summed E-state index contributed by atoms with van der Waals surface area (Å²) in [5.41, 5.74) is -0.101. The number of aromatic nitrogens is 2. The first-order valence-corrected chi connectivity index (χ1v) is 7.59. The topological polar surface area (TPSA) is 95.1 Å². The minimum atomic E-state index is -3.31. The van der Waals surface area contributed by atoms with Crippen LogP contribution in [-0.2, 0) is 16.4 Å². The zero-order valence-electron chi connectivity index (χ0n) is 10.5. The van der Waals surface area contributed by atoms with Gasteiger partial charge in [-0.3, -0.25) is 14.8 Å². The highest BCUT2D eigenvalue weighted by molar-refractivity contribution is 7.91. The Kier molecular flexibility index (Phi) is 4.14. The lowest BCUT2D eigenvalue weighted by atomic mass is 10.4. The second kappa shape index (κ2) is 5.83. The molecule has 0 atom stereocenters. The van der Waals surface area contributed by atoms with Crippen LogP contribution >= 0.6 is 0 Å². The minimum Gasteiger partial charge on any atom is -0.266 e. The zero-order chi connectivity index (χ0) is 14.6. The predicted molar refractivity (Wildman–Crippen MR) is 72.0 cm³/mol. The highest BCUT2D eigenvalue weighted by Crippen LogP contribution is 2.12. The van der Waals surface area contributed by atoms with Crippen molar-refractivity contribution in [1.82, 2.24) is 9.78 Å². The van der Waals surface area contributed by atoms with E-state index >= 15 is 0 Å². The van der Waals surface area contributed by atoms with Crippen LogP contribution in [0, 0.1) is 10.1 Å². The Balaban J connectivity index is 1.94. The van der Waals surface area contributed by atoms with Gasteiger partial charge in [0, 0.05) is 6.54 Å². The molecule has 0 N–H and O–H groups in total. The van der Waals surface area contributed by atoms with E-state index in [0.717, 1.165) is 6.20 Å². The van der Waals surface area contributed by atoms with Crippen molar-refractivity contribution in [2.45, 2.75) is 17.9 Å². The van der Waals surface area contributed by atoms with Crippen molar-refractivity contribution >= 4 is 15.5 Å². The summed E-state index contributed by atoms with van der Waals surface area (Å²) in [6.07, 6.45) is 2.77. The van der Waals surface area contributed by atoms with E-state index in [1.807, 2.05) is 0 Å². The van der Waals surface area contributed by atoms with E-state index in [1.54, 1.807) is 30.3 Å². The van der Waals surface area contributed by atoms with E-state index < -0.39 is 14.8 Å². The average molecular weight is 295 g/mol. The van der Waals surface area contributed by atoms with Gasteiger partial charge in [0.2, 0.25) is 0 Å². The molecule has 1 aromatic heterocycles. The second-order valence-corrected chi connectivity index (χ2v) is 6.31. The zero-order valence-corrected chi connectivity index (χ0v) is 11.4. The third-order valence-electron chi connectivity index (χ3n) is 2.73. The lowest BCUT2D eigenvalue weighted by Gasteiger charge is -2.04. The highest BCUT2D eigenvalue weighted by Gasteiger charge is 2.14. The molecule has 0 radical (unpaired) electrons. The van der Waals surface area contributed by atoms with Crippen LogP contribution in [-0.4, -0.2) is 28.9 Å². The molecule has 1 aromatic carbocycles. The SMILES string of the molecule is O=[N+]([O-])c1cnn(CCCS(=O)(=O)c2ccccc2)c1. The van der Waals surface area contributed by atoms with Gasteiger partial charge in [0.15, 0.2) is 9.84 Å². The Morgan fingerprint density at radius 1 is 1.25 bits per heavy atom. The first kappa shape index (κ1) is 14.2. The lowest BCUT2D eigenvalue weighted by molar-refractivity contribution is -0.385. The maximum atomic E-state index is 12.0. The van der Waals surface area contributed by atoms with Crippen molar-refractivity contribution in [3.63, 3.8) is 0 Å². The number of nitro groups is 1. The van der Waals surface area contributed by atoms with Crippen molar-refractivity contribution in [2.75, 3.05) is 5.75 Å².